The second-order valence-corrected chi connectivity index (χ2v) is 25.9. The van der Waals surface area contributed by atoms with Crippen LogP contribution in [0.4, 0.5) is 0 Å². The molecule has 0 radical (unpaired) electrons. The monoisotopic (exact) mass is 624 g/mol. The SMILES string of the molecule is CCCCCCCCOc1ccc(C(=C(c2ccccc2)c2cc[c]([Sn]([CH3])([CH3])[CH3])cc2)c2ccccc2)cc1. The third-order valence-corrected chi connectivity index (χ3v) is 13.2. The van der Waals surface area contributed by atoms with Crippen LogP contribution in [0.2, 0.25) is 14.8 Å². The Morgan fingerprint density at radius 3 is 1.44 bits per heavy atom. The summed E-state index contributed by atoms with van der Waals surface area (Å²) < 4.78 is 7.67. The summed E-state index contributed by atoms with van der Waals surface area (Å²) in [6.45, 7) is 3.05. The van der Waals surface area contributed by atoms with Gasteiger partial charge < -0.3 is 0 Å². The van der Waals surface area contributed by atoms with Crippen molar-refractivity contribution in [2.75, 3.05) is 6.61 Å². The van der Waals surface area contributed by atoms with Crippen molar-refractivity contribution in [1.29, 1.82) is 0 Å². The molecule has 0 heterocycles. The van der Waals surface area contributed by atoms with Gasteiger partial charge in [-0.25, -0.2) is 0 Å². The van der Waals surface area contributed by atoms with E-state index < -0.39 is 18.4 Å². The molecule has 1 nitrogen and oxygen atoms in total. The Morgan fingerprint density at radius 1 is 0.513 bits per heavy atom. The van der Waals surface area contributed by atoms with E-state index in [1.54, 1.807) is 3.58 Å². The topological polar surface area (TPSA) is 9.23 Å². The summed E-state index contributed by atoms with van der Waals surface area (Å²) in [4.78, 5) is 7.43. The summed E-state index contributed by atoms with van der Waals surface area (Å²) in [5, 5.41) is 0. The van der Waals surface area contributed by atoms with Gasteiger partial charge in [-0.3, -0.25) is 0 Å². The van der Waals surface area contributed by atoms with Crippen LogP contribution in [-0.2, 0) is 0 Å². The van der Waals surface area contributed by atoms with Crippen molar-refractivity contribution in [2.24, 2.45) is 0 Å². The van der Waals surface area contributed by atoms with E-state index in [4.69, 9.17) is 4.74 Å². The van der Waals surface area contributed by atoms with Crippen LogP contribution >= 0.6 is 0 Å². The van der Waals surface area contributed by atoms with Gasteiger partial charge in [0.05, 0.1) is 0 Å². The summed E-state index contributed by atoms with van der Waals surface area (Å²) in [5.74, 6) is 0.947. The normalized spacial score (nSPS) is 12.2. The zero-order valence-electron chi connectivity index (χ0n) is 24.3. The molecule has 0 atom stereocenters. The van der Waals surface area contributed by atoms with E-state index in [1.165, 1.54) is 65.5 Å². The molecule has 0 aliphatic rings. The van der Waals surface area contributed by atoms with Crippen LogP contribution in [0.15, 0.2) is 109 Å². The zero-order chi connectivity index (χ0) is 27.5. The molecule has 0 fully saturated rings. The molecule has 0 amide bonds. The van der Waals surface area contributed by atoms with Crippen LogP contribution in [0.25, 0.3) is 11.1 Å². The van der Waals surface area contributed by atoms with Crippen molar-refractivity contribution in [2.45, 2.75) is 60.3 Å². The Labute approximate surface area is 240 Å². The summed E-state index contributed by atoms with van der Waals surface area (Å²) in [5.41, 5.74) is 7.41. The summed E-state index contributed by atoms with van der Waals surface area (Å²) >= 11 is -2.15. The first-order valence-corrected chi connectivity index (χ1v) is 24.7. The molecule has 0 aromatic heterocycles. The molecule has 4 aromatic carbocycles. The average molecular weight is 623 g/mol. The molecule has 39 heavy (non-hydrogen) atoms. The molecule has 2 heteroatoms. The van der Waals surface area contributed by atoms with Crippen LogP contribution < -0.4 is 8.32 Å². The number of ether oxygens (including phenoxy) is 1. The Kier molecular flexibility index (Phi) is 10.9. The third-order valence-electron chi connectivity index (χ3n) is 7.32. The van der Waals surface area contributed by atoms with Gasteiger partial charge in [0.1, 0.15) is 0 Å². The van der Waals surface area contributed by atoms with Crippen LogP contribution in [0.5, 0.6) is 5.75 Å². The summed E-state index contributed by atoms with van der Waals surface area (Å²) in [6.07, 6.45) is 7.65. The van der Waals surface area contributed by atoms with Gasteiger partial charge in [0.25, 0.3) is 0 Å². The van der Waals surface area contributed by atoms with Crippen LogP contribution in [0, 0.1) is 0 Å². The molecule has 0 saturated carbocycles. The van der Waals surface area contributed by atoms with Crippen molar-refractivity contribution in [3.63, 3.8) is 0 Å². The van der Waals surface area contributed by atoms with Crippen LogP contribution in [0.3, 0.4) is 0 Å². The molecule has 0 saturated heterocycles. The quantitative estimate of drug-likeness (QED) is 0.0819. The van der Waals surface area contributed by atoms with E-state index in [0.717, 1.165) is 18.8 Å². The van der Waals surface area contributed by atoms with E-state index in [-0.39, 0.29) is 0 Å². The minimum atomic E-state index is -2.15. The molecule has 202 valence electrons. The Morgan fingerprint density at radius 2 is 0.949 bits per heavy atom. The van der Waals surface area contributed by atoms with Gasteiger partial charge in [0, 0.05) is 0 Å². The van der Waals surface area contributed by atoms with Crippen LogP contribution in [0.1, 0.15) is 67.7 Å². The van der Waals surface area contributed by atoms with Crippen molar-refractivity contribution in [1.82, 2.24) is 0 Å². The number of hydrogen-bond acceptors (Lipinski definition) is 1. The Balaban J connectivity index is 1.71. The molecule has 0 aliphatic heterocycles. The molecule has 0 spiro atoms. The fourth-order valence-electron chi connectivity index (χ4n) is 5.05. The van der Waals surface area contributed by atoms with Gasteiger partial charge in [-0.05, 0) is 6.42 Å². The van der Waals surface area contributed by atoms with Crippen LogP contribution in [-0.4, -0.2) is 25.0 Å². The molecule has 0 unspecified atom stereocenters. The first-order chi connectivity index (χ1) is 19.0. The Hall–Kier alpha value is -2.78. The maximum atomic E-state index is 6.12. The first-order valence-electron chi connectivity index (χ1n) is 14.7. The number of hydrogen-bond donors (Lipinski definition) is 0. The van der Waals surface area contributed by atoms with Crippen molar-refractivity contribution < 1.29 is 4.74 Å². The van der Waals surface area contributed by atoms with E-state index in [0.29, 0.717) is 0 Å². The minimum absolute atomic E-state index is 0.785. The standard InChI is InChI=1S/C34H35O.3CH3.Sn/c1-2-3-4-5-6-16-27-35-32-25-23-31(24-26-32)34(30-21-14-9-15-22-30)33(28-17-10-7-11-18-28)29-19-12-8-13-20-29;;;;/h7,9-15,17-26H,2-6,16,27H2,1H3;3*1H3;. The van der Waals surface area contributed by atoms with E-state index >= 15 is 0 Å². The van der Waals surface area contributed by atoms with Gasteiger partial charge in [-0.2, -0.15) is 0 Å². The second kappa shape index (κ2) is 14.6. The molecule has 0 aliphatic carbocycles. The molecule has 0 N–H and O–H groups in total. The van der Waals surface area contributed by atoms with Gasteiger partial charge in [0.2, 0.25) is 0 Å². The van der Waals surface area contributed by atoms with Crippen molar-refractivity contribution >= 4 is 33.1 Å². The van der Waals surface area contributed by atoms with E-state index in [1.807, 2.05) is 0 Å². The van der Waals surface area contributed by atoms with E-state index in [2.05, 4.69) is 131 Å². The second-order valence-electron chi connectivity index (χ2n) is 11.5. The maximum absolute atomic E-state index is 6.12. The first kappa shape index (κ1) is 29.2. The molecule has 4 rings (SSSR count). The fourth-order valence-corrected chi connectivity index (χ4v) is 8.38. The molecule has 0 bridgehead atoms. The van der Waals surface area contributed by atoms with E-state index in [9.17, 15) is 0 Å². The molecule has 4 aromatic rings. The van der Waals surface area contributed by atoms with Gasteiger partial charge in [-0.15, -0.1) is 0 Å². The number of benzene rings is 4. The summed E-state index contributed by atoms with van der Waals surface area (Å²) in [7, 11) is 0. The third kappa shape index (κ3) is 8.35. The average Bonchev–Trinajstić information content (AvgIpc) is 2.96. The number of rotatable bonds is 13. The fraction of sp³-hybridized carbons (Fsp3) is 0.297. The van der Waals surface area contributed by atoms with Gasteiger partial charge >= 0.3 is 196 Å². The van der Waals surface area contributed by atoms with Crippen molar-refractivity contribution in [3.05, 3.63) is 131 Å². The number of unbranched alkanes of at least 4 members (excludes halogenated alkanes) is 5. The predicted octanol–water partition coefficient (Wildman–Crippen LogP) is 9.98. The predicted molar refractivity (Wildman–Crippen MR) is 173 cm³/mol. The Bertz CT molecular complexity index is 1300. The zero-order valence-corrected chi connectivity index (χ0v) is 27.1. The molecular weight excluding hydrogens is 579 g/mol. The van der Waals surface area contributed by atoms with Gasteiger partial charge in [0.15, 0.2) is 0 Å². The van der Waals surface area contributed by atoms with Gasteiger partial charge in [-0.1, -0.05) is 39.0 Å². The molecular formula is C37H44OSn. The summed E-state index contributed by atoms with van der Waals surface area (Å²) in [6, 6.07) is 39.8. The van der Waals surface area contributed by atoms with Crippen molar-refractivity contribution in [3.8, 4) is 5.75 Å².